The third-order valence-electron chi connectivity index (χ3n) is 4.70. The van der Waals surface area contributed by atoms with E-state index >= 15 is 0 Å². The molecular weight excluding hydrogens is 314 g/mol. The van der Waals surface area contributed by atoms with Gasteiger partial charge in [-0.15, -0.1) is 0 Å². The minimum atomic E-state index is 0.744. The fourth-order valence-corrected chi connectivity index (χ4v) is 3.65. The van der Waals surface area contributed by atoms with Crippen molar-refractivity contribution in [1.29, 1.82) is 0 Å². The molecule has 6 rings (SSSR count). The lowest BCUT2D eigenvalue weighted by Crippen LogP contribution is -2.14. The lowest BCUT2D eigenvalue weighted by Gasteiger charge is -2.12. The first-order valence-electron chi connectivity index (χ1n) is 8.04. The predicted molar refractivity (Wildman–Crippen MR) is 96.0 cm³/mol. The molecule has 0 saturated heterocycles. The molecule has 0 fully saturated rings. The van der Waals surface area contributed by atoms with Gasteiger partial charge in [0.05, 0.1) is 12.5 Å². The second-order valence-electron chi connectivity index (χ2n) is 6.06. The molecule has 1 aromatic heterocycles. The highest BCUT2D eigenvalue weighted by Crippen LogP contribution is 2.38. The molecule has 4 nitrogen and oxygen atoms in total. The van der Waals surface area contributed by atoms with Crippen LogP contribution >= 0.6 is 0 Å². The minimum Gasteiger partial charge on any atom is -0.461 e. The van der Waals surface area contributed by atoms with Gasteiger partial charge in [0.25, 0.3) is 0 Å². The Morgan fingerprint density at radius 3 is 2.84 bits per heavy atom. The summed E-state index contributed by atoms with van der Waals surface area (Å²) in [6, 6.07) is 12.1. The summed E-state index contributed by atoms with van der Waals surface area (Å²) in [5, 5.41) is 6.04. The molecule has 0 radical (unpaired) electrons. The van der Waals surface area contributed by atoms with Crippen molar-refractivity contribution < 1.29 is 13.9 Å². The fraction of sp³-hybridized carbons (Fsp3) is 0. The van der Waals surface area contributed by atoms with E-state index in [9.17, 15) is 0 Å². The van der Waals surface area contributed by atoms with Crippen LogP contribution < -0.4 is 20.0 Å². The van der Waals surface area contributed by atoms with Crippen LogP contribution in [0.1, 0.15) is 0 Å². The summed E-state index contributed by atoms with van der Waals surface area (Å²) in [5.41, 5.74) is 1.60. The summed E-state index contributed by atoms with van der Waals surface area (Å²) in [5.74, 6) is 1.49. The van der Waals surface area contributed by atoms with Gasteiger partial charge in [-0.25, -0.2) is 4.99 Å². The third-order valence-corrected chi connectivity index (χ3v) is 4.70. The molecule has 3 heterocycles. The highest BCUT2D eigenvalue weighted by molar-refractivity contribution is 6.21. The molecule has 0 spiro atoms. The standard InChI is InChI=1S/C21H11NO3/c1-2-6-17-13(4-1)19-15-11-18-16(22-7-9-23-18)10-14(15)12-5-3-8-24-20(12)21(19)25-17/h1-11H. The molecule has 118 valence electrons. The van der Waals surface area contributed by atoms with Crippen LogP contribution in [0.25, 0.3) is 38.8 Å². The number of fused-ring (bicyclic) bond motifs is 9. The van der Waals surface area contributed by atoms with Gasteiger partial charge in [0.15, 0.2) is 17.1 Å². The van der Waals surface area contributed by atoms with Gasteiger partial charge in [0.1, 0.15) is 17.2 Å². The zero-order valence-electron chi connectivity index (χ0n) is 13.0. The van der Waals surface area contributed by atoms with E-state index in [0.717, 1.165) is 54.8 Å². The van der Waals surface area contributed by atoms with Crippen molar-refractivity contribution in [2.75, 3.05) is 0 Å². The van der Waals surface area contributed by atoms with E-state index < -0.39 is 0 Å². The Hall–Kier alpha value is -3.53. The average Bonchev–Trinajstić information content (AvgIpc) is 3.07. The first kappa shape index (κ1) is 12.8. The topological polar surface area (TPSA) is 44.0 Å². The summed E-state index contributed by atoms with van der Waals surface area (Å²) >= 11 is 0. The van der Waals surface area contributed by atoms with Crippen LogP contribution in [0.4, 0.5) is 0 Å². The predicted octanol–water partition coefficient (Wildman–Crippen LogP) is 3.91. The van der Waals surface area contributed by atoms with Crippen LogP contribution in [-0.2, 0) is 0 Å². The van der Waals surface area contributed by atoms with Gasteiger partial charge in [-0.2, -0.15) is 0 Å². The highest BCUT2D eigenvalue weighted by atomic mass is 16.5. The van der Waals surface area contributed by atoms with Gasteiger partial charge in [-0.3, -0.25) is 0 Å². The molecule has 0 saturated carbocycles. The molecule has 0 atom stereocenters. The van der Waals surface area contributed by atoms with Gasteiger partial charge in [-0.1, -0.05) is 18.2 Å². The summed E-state index contributed by atoms with van der Waals surface area (Å²) in [6.45, 7) is 0. The van der Waals surface area contributed by atoms with Crippen LogP contribution in [0.15, 0.2) is 70.6 Å². The molecule has 3 aromatic carbocycles. The van der Waals surface area contributed by atoms with Crippen molar-refractivity contribution in [2.45, 2.75) is 0 Å². The van der Waals surface area contributed by atoms with Crippen LogP contribution in [0.3, 0.4) is 0 Å². The number of ether oxygens (including phenoxy) is 2. The van der Waals surface area contributed by atoms with E-state index in [1.807, 2.05) is 42.5 Å². The van der Waals surface area contributed by atoms with Gasteiger partial charge in [0, 0.05) is 16.0 Å². The number of furan rings is 1. The maximum absolute atomic E-state index is 6.15. The van der Waals surface area contributed by atoms with E-state index in [1.165, 1.54) is 0 Å². The van der Waals surface area contributed by atoms with Crippen molar-refractivity contribution >= 4 is 38.8 Å². The van der Waals surface area contributed by atoms with Crippen molar-refractivity contribution in [1.82, 2.24) is 0 Å². The first-order chi connectivity index (χ1) is 12.4. The fourth-order valence-electron chi connectivity index (χ4n) is 3.65. The van der Waals surface area contributed by atoms with E-state index in [2.05, 4.69) is 11.1 Å². The third kappa shape index (κ3) is 1.63. The molecule has 0 unspecified atom stereocenters. The van der Waals surface area contributed by atoms with Crippen molar-refractivity contribution in [2.24, 2.45) is 4.99 Å². The Bertz CT molecular complexity index is 1390. The zero-order chi connectivity index (χ0) is 16.4. The summed E-state index contributed by atoms with van der Waals surface area (Å²) in [6.07, 6.45) is 8.86. The molecule has 25 heavy (non-hydrogen) atoms. The van der Waals surface area contributed by atoms with Crippen LogP contribution in [-0.4, -0.2) is 0 Å². The summed E-state index contributed by atoms with van der Waals surface area (Å²) < 4.78 is 17.6. The van der Waals surface area contributed by atoms with Crippen LogP contribution in [0, 0.1) is 0 Å². The van der Waals surface area contributed by atoms with Crippen LogP contribution in [0.2, 0.25) is 0 Å². The highest BCUT2D eigenvalue weighted by Gasteiger charge is 2.20. The Morgan fingerprint density at radius 2 is 1.84 bits per heavy atom. The average molecular weight is 325 g/mol. The number of rotatable bonds is 0. The lowest BCUT2D eigenvalue weighted by atomic mass is 9.99. The Kier molecular flexibility index (Phi) is 2.32. The van der Waals surface area contributed by atoms with Crippen molar-refractivity contribution in [3.63, 3.8) is 0 Å². The van der Waals surface area contributed by atoms with E-state index in [1.54, 1.807) is 18.7 Å². The molecule has 2 aliphatic heterocycles. The van der Waals surface area contributed by atoms with Crippen molar-refractivity contribution in [3.05, 3.63) is 71.8 Å². The lowest BCUT2D eigenvalue weighted by molar-refractivity contribution is 0.466. The molecule has 2 aliphatic rings. The Balaban J connectivity index is 1.97. The first-order valence-corrected chi connectivity index (χ1v) is 8.04. The molecule has 0 aliphatic carbocycles. The van der Waals surface area contributed by atoms with E-state index in [4.69, 9.17) is 13.9 Å². The summed E-state index contributed by atoms with van der Waals surface area (Å²) in [7, 11) is 0. The van der Waals surface area contributed by atoms with Crippen molar-refractivity contribution in [3.8, 4) is 11.5 Å². The second kappa shape index (κ2) is 4.51. The zero-order valence-corrected chi connectivity index (χ0v) is 13.0. The molecule has 4 aromatic rings. The van der Waals surface area contributed by atoms with Gasteiger partial charge < -0.3 is 13.9 Å². The van der Waals surface area contributed by atoms with Crippen LogP contribution in [0.5, 0.6) is 11.5 Å². The number of benzene rings is 3. The second-order valence-corrected chi connectivity index (χ2v) is 6.06. The summed E-state index contributed by atoms with van der Waals surface area (Å²) in [4.78, 5) is 4.42. The minimum absolute atomic E-state index is 0.744. The molecule has 0 amide bonds. The SMILES string of the molecule is C1=COc2c(c3cc4c(cc3c3c2oc2ccccc23)OC=CN=4)=C1. The molecule has 0 N–H and O–H groups in total. The van der Waals surface area contributed by atoms with E-state index in [0.29, 0.717) is 0 Å². The monoisotopic (exact) mass is 325 g/mol. The maximum atomic E-state index is 6.15. The number of hydrogen-bond donors (Lipinski definition) is 0. The number of nitrogens with zero attached hydrogens (tertiary/aromatic N) is 1. The smallest absolute Gasteiger partial charge is 0.179 e. The normalized spacial score (nSPS) is 14.6. The molecule has 0 bridgehead atoms. The number of para-hydroxylation sites is 1. The number of allylic oxidation sites excluding steroid dienone is 1. The molecule has 4 heteroatoms. The largest absolute Gasteiger partial charge is 0.461 e. The quantitative estimate of drug-likeness (QED) is 0.492. The van der Waals surface area contributed by atoms with E-state index in [-0.39, 0.29) is 0 Å². The Labute approximate surface area is 141 Å². The van der Waals surface area contributed by atoms with Gasteiger partial charge in [0.2, 0.25) is 0 Å². The van der Waals surface area contributed by atoms with Gasteiger partial charge >= 0.3 is 0 Å². The maximum Gasteiger partial charge on any atom is 0.179 e. The van der Waals surface area contributed by atoms with Gasteiger partial charge in [-0.05, 0) is 41.1 Å². The molecular formula is C21H11NO3. The number of hydrogen-bond acceptors (Lipinski definition) is 4. The Morgan fingerprint density at radius 1 is 0.880 bits per heavy atom.